The summed E-state index contributed by atoms with van der Waals surface area (Å²) < 4.78 is 5.77. The molecule has 0 atom stereocenters. The number of rotatable bonds is 4. The lowest BCUT2D eigenvalue weighted by Gasteiger charge is -2.21. The molecule has 3 heteroatoms. The molecule has 0 saturated carbocycles. The molecule has 116 valence electrons. The van der Waals surface area contributed by atoms with Crippen LogP contribution < -0.4 is 10.1 Å². The molecule has 0 unspecified atom stereocenters. The quantitative estimate of drug-likeness (QED) is 0.911. The Morgan fingerprint density at radius 2 is 1.68 bits per heavy atom. The van der Waals surface area contributed by atoms with Gasteiger partial charge in [0.15, 0.2) is 0 Å². The summed E-state index contributed by atoms with van der Waals surface area (Å²) in [5.74, 6) is 0.800. The van der Waals surface area contributed by atoms with Crippen molar-refractivity contribution in [3.8, 4) is 5.75 Å². The zero-order valence-corrected chi connectivity index (χ0v) is 13.6. The van der Waals surface area contributed by atoms with E-state index >= 15 is 0 Å². The molecule has 0 saturated heterocycles. The van der Waals surface area contributed by atoms with Gasteiger partial charge in [0.2, 0.25) is 5.91 Å². The van der Waals surface area contributed by atoms with E-state index in [1.165, 1.54) is 0 Å². The zero-order chi connectivity index (χ0) is 16.2. The lowest BCUT2D eigenvalue weighted by Crippen LogP contribution is -2.22. The van der Waals surface area contributed by atoms with Gasteiger partial charge in [0.1, 0.15) is 11.4 Å². The number of nitrogens with one attached hydrogen (secondary N) is 1. The summed E-state index contributed by atoms with van der Waals surface area (Å²) in [4.78, 5) is 12.1. The van der Waals surface area contributed by atoms with E-state index in [1.807, 2.05) is 76.2 Å². The van der Waals surface area contributed by atoms with Crippen molar-refractivity contribution >= 4 is 11.6 Å². The molecule has 3 nitrogen and oxygen atoms in total. The first-order valence-electron chi connectivity index (χ1n) is 7.47. The predicted molar refractivity (Wildman–Crippen MR) is 90.3 cm³/mol. The van der Waals surface area contributed by atoms with Crippen LogP contribution in [0, 0.1) is 6.92 Å². The number of aryl methyl sites for hydroxylation is 1. The van der Waals surface area contributed by atoms with Crippen LogP contribution in [0.5, 0.6) is 5.75 Å². The average Bonchev–Trinajstić information content (AvgIpc) is 2.42. The second kappa shape index (κ2) is 6.65. The number of ether oxygens (including phenoxy) is 1. The largest absolute Gasteiger partial charge is 0.488 e. The van der Waals surface area contributed by atoms with Crippen LogP contribution in [0.25, 0.3) is 0 Å². The summed E-state index contributed by atoms with van der Waals surface area (Å²) in [6.45, 7) is 8.01. The molecule has 1 N–H and O–H groups in total. The van der Waals surface area contributed by atoms with Crippen LogP contribution in [0.15, 0.2) is 48.5 Å². The second-order valence-corrected chi connectivity index (χ2v) is 6.40. The standard InChI is InChI=1S/C19H23NO2/c1-14-7-5-6-8-17(14)20-18(21)13-15-9-11-16(12-10-15)22-19(2,3)4/h5-12H,13H2,1-4H3,(H,20,21). The molecule has 0 radical (unpaired) electrons. The normalized spacial score (nSPS) is 11.1. The van der Waals surface area contributed by atoms with Crippen LogP contribution in [0.1, 0.15) is 31.9 Å². The van der Waals surface area contributed by atoms with E-state index < -0.39 is 0 Å². The van der Waals surface area contributed by atoms with Crippen LogP contribution in [-0.2, 0) is 11.2 Å². The smallest absolute Gasteiger partial charge is 0.228 e. The van der Waals surface area contributed by atoms with E-state index in [0.29, 0.717) is 6.42 Å². The molecule has 0 heterocycles. The van der Waals surface area contributed by atoms with Gasteiger partial charge in [0, 0.05) is 5.69 Å². The SMILES string of the molecule is Cc1ccccc1NC(=O)Cc1ccc(OC(C)(C)C)cc1. The van der Waals surface area contributed by atoms with Crippen LogP contribution >= 0.6 is 0 Å². The van der Waals surface area contributed by atoms with E-state index in [9.17, 15) is 4.79 Å². The number of carbonyl (C=O) groups excluding carboxylic acids is 1. The Hall–Kier alpha value is -2.29. The maximum Gasteiger partial charge on any atom is 0.228 e. The van der Waals surface area contributed by atoms with Crippen LogP contribution in [-0.4, -0.2) is 11.5 Å². The van der Waals surface area contributed by atoms with Gasteiger partial charge in [0.05, 0.1) is 6.42 Å². The van der Waals surface area contributed by atoms with Crippen LogP contribution in [0.2, 0.25) is 0 Å². The molecule has 0 aliphatic rings. The molecule has 0 aliphatic carbocycles. The molecule has 2 aromatic carbocycles. The summed E-state index contributed by atoms with van der Waals surface area (Å²) >= 11 is 0. The number of para-hydroxylation sites is 1. The molecule has 22 heavy (non-hydrogen) atoms. The van der Waals surface area contributed by atoms with E-state index in [-0.39, 0.29) is 11.5 Å². The van der Waals surface area contributed by atoms with Crippen LogP contribution in [0.3, 0.4) is 0 Å². The molecule has 2 aromatic rings. The van der Waals surface area contributed by atoms with Gasteiger partial charge in [-0.3, -0.25) is 4.79 Å². The van der Waals surface area contributed by atoms with E-state index in [0.717, 1.165) is 22.6 Å². The molecule has 0 fully saturated rings. The molecular formula is C19H23NO2. The zero-order valence-electron chi connectivity index (χ0n) is 13.6. The highest BCUT2D eigenvalue weighted by molar-refractivity contribution is 5.92. The minimum Gasteiger partial charge on any atom is -0.488 e. The fourth-order valence-corrected chi connectivity index (χ4v) is 2.12. The number of anilines is 1. The maximum atomic E-state index is 12.1. The Morgan fingerprint density at radius 3 is 2.27 bits per heavy atom. The van der Waals surface area contributed by atoms with Crippen molar-refractivity contribution in [1.82, 2.24) is 0 Å². The van der Waals surface area contributed by atoms with Gasteiger partial charge in [-0.1, -0.05) is 30.3 Å². The summed E-state index contributed by atoms with van der Waals surface area (Å²) in [6.07, 6.45) is 0.351. The minimum atomic E-state index is -0.219. The highest BCUT2D eigenvalue weighted by Crippen LogP contribution is 2.19. The van der Waals surface area contributed by atoms with Crippen molar-refractivity contribution in [3.63, 3.8) is 0 Å². The number of hydrogen-bond donors (Lipinski definition) is 1. The highest BCUT2D eigenvalue weighted by Gasteiger charge is 2.12. The van der Waals surface area contributed by atoms with Gasteiger partial charge in [-0.25, -0.2) is 0 Å². The van der Waals surface area contributed by atoms with Gasteiger partial charge in [0.25, 0.3) is 0 Å². The average molecular weight is 297 g/mol. The molecule has 1 amide bonds. The fourth-order valence-electron chi connectivity index (χ4n) is 2.12. The summed E-state index contributed by atoms with van der Waals surface area (Å²) in [5.41, 5.74) is 2.67. The third-order valence-corrected chi connectivity index (χ3v) is 3.13. The Kier molecular flexibility index (Phi) is 4.86. The van der Waals surface area contributed by atoms with Gasteiger partial charge in [-0.15, -0.1) is 0 Å². The van der Waals surface area contributed by atoms with Crippen molar-refractivity contribution in [2.75, 3.05) is 5.32 Å². The second-order valence-electron chi connectivity index (χ2n) is 6.40. The molecule has 0 aromatic heterocycles. The molecule has 0 aliphatic heterocycles. The summed E-state index contributed by atoms with van der Waals surface area (Å²) in [6, 6.07) is 15.4. The Morgan fingerprint density at radius 1 is 1.05 bits per heavy atom. The van der Waals surface area contributed by atoms with E-state index in [2.05, 4.69) is 5.32 Å². The van der Waals surface area contributed by atoms with Crippen molar-refractivity contribution in [2.24, 2.45) is 0 Å². The number of benzene rings is 2. The Bertz CT molecular complexity index is 639. The number of amides is 1. The first-order chi connectivity index (χ1) is 10.3. The summed E-state index contributed by atoms with van der Waals surface area (Å²) in [5, 5.41) is 2.94. The molecule has 0 bridgehead atoms. The molecular weight excluding hydrogens is 274 g/mol. The topological polar surface area (TPSA) is 38.3 Å². The van der Waals surface area contributed by atoms with Crippen molar-refractivity contribution in [2.45, 2.75) is 39.7 Å². The van der Waals surface area contributed by atoms with Gasteiger partial charge >= 0.3 is 0 Å². The highest BCUT2D eigenvalue weighted by atomic mass is 16.5. The lowest BCUT2D eigenvalue weighted by molar-refractivity contribution is -0.115. The van der Waals surface area contributed by atoms with Gasteiger partial charge in [-0.05, 0) is 57.0 Å². The summed E-state index contributed by atoms with van der Waals surface area (Å²) in [7, 11) is 0. The maximum absolute atomic E-state index is 12.1. The van der Waals surface area contributed by atoms with E-state index in [1.54, 1.807) is 0 Å². The monoisotopic (exact) mass is 297 g/mol. The van der Waals surface area contributed by atoms with Crippen molar-refractivity contribution < 1.29 is 9.53 Å². The lowest BCUT2D eigenvalue weighted by atomic mass is 10.1. The third kappa shape index (κ3) is 4.92. The predicted octanol–water partition coefficient (Wildman–Crippen LogP) is 4.35. The van der Waals surface area contributed by atoms with Crippen molar-refractivity contribution in [1.29, 1.82) is 0 Å². The van der Waals surface area contributed by atoms with Gasteiger partial charge < -0.3 is 10.1 Å². The van der Waals surface area contributed by atoms with Crippen molar-refractivity contribution in [3.05, 3.63) is 59.7 Å². The van der Waals surface area contributed by atoms with E-state index in [4.69, 9.17) is 4.74 Å². The number of carbonyl (C=O) groups is 1. The molecule has 0 spiro atoms. The minimum absolute atomic E-state index is 0.0150. The Labute approximate surface area is 132 Å². The molecule has 2 rings (SSSR count). The van der Waals surface area contributed by atoms with Crippen LogP contribution in [0.4, 0.5) is 5.69 Å². The third-order valence-electron chi connectivity index (χ3n) is 3.13. The fraction of sp³-hybridized carbons (Fsp3) is 0.316. The van der Waals surface area contributed by atoms with Gasteiger partial charge in [-0.2, -0.15) is 0 Å². The number of hydrogen-bond acceptors (Lipinski definition) is 2. The Balaban J connectivity index is 1.96. The first kappa shape index (κ1) is 16.1. The first-order valence-corrected chi connectivity index (χ1v) is 7.47.